The Balaban J connectivity index is 2.12. The Morgan fingerprint density at radius 1 is 1.05 bits per heavy atom. The lowest BCUT2D eigenvalue weighted by Crippen LogP contribution is -1.94. The van der Waals surface area contributed by atoms with Crippen LogP contribution < -0.4 is 11.1 Å². The molecule has 2 aromatic carbocycles. The van der Waals surface area contributed by atoms with Crippen molar-refractivity contribution in [3.63, 3.8) is 0 Å². The zero-order valence-electron chi connectivity index (χ0n) is 9.52. The quantitative estimate of drug-likeness (QED) is 0.692. The Bertz CT molecular complexity index is 757. The molecule has 0 aliphatic carbocycles. The zero-order valence-corrected chi connectivity index (χ0v) is 11.9. The molecule has 7 heteroatoms. The minimum atomic E-state index is 0.492. The summed E-state index contributed by atoms with van der Waals surface area (Å²) in [6.07, 6.45) is 0. The molecule has 96 valence electrons. The van der Waals surface area contributed by atoms with Crippen LogP contribution >= 0.6 is 34.9 Å². The topological polar surface area (TPSA) is 63.8 Å². The van der Waals surface area contributed by atoms with Gasteiger partial charge in [-0.1, -0.05) is 29.3 Å². The monoisotopic (exact) mass is 310 g/mol. The maximum atomic E-state index is 6.21. The summed E-state index contributed by atoms with van der Waals surface area (Å²) in [6.45, 7) is 0. The highest BCUT2D eigenvalue weighted by Crippen LogP contribution is 2.36. The summed E-state index contributed by atoms with van der Waals surface area (Å²) in [6, 6.07) is 9.04. The number of aromatic nitrogens is 2. The van der Waals surface area contributed by atoms with E-state index in [9.17, 15) is 0 Å². The first-order chi connectivity index (χ1) is 9.15. The second kappa shape index (κ2) is 4.85. The number of benzene rings is 2. The molecule has 1 aromatic heterocycles. The summed E-state index contributed by atoms with van der Waals surface area (Å²) >= 11 is 13.4. The number of nitrogens with one attached hydrogen (secondary N) is 1. The molecule has 0 saturated carbocycles. The van der Waals surface area contributed by atoms with Crippen LogP contribution in [0.15, 0.2) is 30.3 Å². The second-order valence-electron chi connectivity index (χ2n) is 3.93. The lowest BCUT2D eigenvalue weighted by molar-refractivity contribution is 1.54. The van der Waals surface area contributed by atoms with Crippen LogP contribution in [0.2, 0.25) is 10.0 Å². The van der Waals surface area contributed by atoms with Crippen LogP contribution in [0.3, 0.4) is 0 Å². The molecular weight excluding hydrogens is 303 g/mol. The zero-order chi connectivity index (χ0) is 13.4. The predicted molar refractivity (Wildman–Crippen MR) is 81.6 cm³/mol. The van der Waals surface area contributed by atoms with Crippen LogP contribution in [0, 0.1) is 0 Å². The molecule has 4 nitrogen and oxygen atoms in total. The molecule has 0 amide bonds. The van der Waals surface area contributed by atoms with E-state index in [4.69, 9.17) is 28.9 Å². The van der Waals surface area contributed by atoms with Crippen molar-refractivity contribution < 1.29 is 0 Å². The molecule has 0 spiro atoms. The molecule has 19 heavy (non-hydrogen) atoms. The lowest BCUT2D eigenvalue weighted by Gasteiger charge is -2.10. The summed E-state index contributed by atoms with van der Waals surface area (Å²) in [5.74, 6) is 0. The van der Waals surface area contributed by atoms with E-state index in [2.05, 4.69) is 14.1 Å². The Morgan fingerprint density at radius 2 is 1.84 bits per heavy atom. The summed E-state index contributed by atoms with van der Waals surface area (Å²) in [4.78, 5) is 0. The van der Waals surface area contributed by atoms with E-state index in [0.717, 1.165) is 17.4 Å². The van der Waals surface area contributed by atoms with Crippen molar-refractivity contribution >= 4 is 63.0 Å². The molecule has 0 aliphatic rings. The number of halogens is 2. The predicted octanol–water partition coefficient (Wildman–Crippen LogP) is 4.32. The molecule has 3 rings (SSSR count). The number of anilines is 3. The van der Waals surface area contributed by atoms with Gasteiger partial charge in [-0.15, -0.1) is 0 Å². The van der Waals surface area contributed by atoms with Gasteiger partial charge in [0.25, 0.3) is 0 Å². The third-order valence-corrected chi connectivity index (χ3v) is 3.71. The molecule has 3 aromatic rings. The summed E-state index contributed by atoms with van der Waals surface area (Å²) < 4.78 is 8.38. The highest BCUT2D eigenvalue weighted by Gasteiger charge is 2.14. The van der Waals surface area contributed by atoms with Gasteiger partial charge in [0, 0.05) is 11.4 Å². The number of nitrogens with zero attached hydrogens (tertiary/aromatic N) is 2. The number of rotatable bonds is 2. The minimum Gasteiger partial charge on any atom is -0.399 e. The number of nitrogens with two attached hydrogens (primary N) is 1. The third kappa shape index (κ3) is 2.32. The van der Waals surface area contributed by atoms with Gasteiger partial charge in [0.15, 0.2) is 0 Å². The van der Waals surface area contributed by atoms with Gasteiger partial charge in [0.05, 0.1) is 27.5 Å². The van der Waals surface area contributed by atoms with Crippen molar-refractivity contribution in [1.29, 1.82) is 0 Å². The maximum absolute atomic E-state index is 6.21. The normalized spacial score (nSPS) is 10.8. The third-order valence-electron chi connectivity index (χ3n) is 2.60. The van der Waals surface area contributed by atoms with Crippen LogP contribution in [0.1, 0.15) is 0 Å². The standard InChI is InChI=1S/C12H8Cl2N4S/c13-8-5-9(14)11-12(18-19-17-11)10(8)16-7-3-1-2-6(15)4-7/h1-5,16H,15H2. The SMILES string of the molecule is Nc1cccc(Nc2c(Cl)cc(Cl)c3nsnc23)c1. The van der Waals surface area contributed by atoms with Gasteiger partial charge < -0.3 is 11.1 Å². The highest BCUT2D eigenvalue weighted by molar-refractivity contribution is 7.00. The molecule has 1 heterocycles. The fraction of sp³-hybridized carbons (Fsp3) is 0. The molecular formula is C12H8Cl2N4S. The molecule has 3 N–H and O–H groups in total. The Hall–Kier alpha value is -1.56. The van der Waals surface area contributed by atoms with Gasteiger partial charge in [0.1, 0.15) is 11.0 Å². The van der Waals surface area contributed by atoms with Crippen LogP contribution in [0.4, 0.5) is 17.1 Å². The Morgan fingerprint density at radius 3 is 2.63 bits per heavy atom. The average molecular weight is 311 g/mol. The number of fused-ring (bicyclic) bond motifs is 1. The number of nitrogen functional groups attached to an aromatic ring is 1. The average Bonchev–Trinajstić information content (AvgIpc) is 2.84. The molecule has 0 unspecified atom stereocenters. The van der Waals surface area contributed by atoms with Crippen LogP contribution in [0.25, 0.3) is 11.0 Å². The minimum absolute atomic E-state index is 0.492. The van der Waals surface area contributed by atoms with Crippen molar-refractivity contribution in [2.45, 2.75) is 0 Å². The van der Waals surface area contributed by atoms with Crippen molar-refractivity contribution in [3.05, 3.63) is 40.4 Å². The second-order valence-corrected chi connectivity index (χ2v) is 5.27. The summed E-state index contributed by atoms with van der Waals surface area (Å²) in [7, 11) is 0. The van der Waals surface area contributed by atoms with E-state index in [1.165, 1.54) is 0 Å². The van der Waals surface area contributed by atoms with Crippen LogP contribution in [-0.2, 0) is 0 Å². The number of hydrogen-bond acceptors (Lipinski definition) is 5. The van der Waals surface area contributed by atoms with Crippen molar-refractivity contribution in [1.82, 2.24) is 8.75 Å². The van der Waals surface area contributed by atoms with Gasteiger partial charge in [-0.2, -0.15) is 8.75 Å². The first-order valence-electron chi connectivity index (χ1n) is 5.38. The van der Waals surface area contributed by atoms with E-state index in [1.807, 2.05) is 24.3 Å². The van der Waals surface area contributed by atoms with Crippen molar-refractivity contribution in [2.24, 2.45) is 0 Å². The fourth-order valence-electron chi connectivity index (χ4n) is 1.75. The fourth-order valence-corrected chi connectivity index (χ4v) is 2.91. The first kappa shape index (κ1) is 12.5. The summed E-state index contributed by atoms with van der Waals surface area (Å²) in [5, 5.41) is 4.19. The van der Waals surface area contributed by atoms with Crippen molar-refractivity contribution in [2.75, 3.05) is 11.1 Å². The van der Waals surface area contributed by atoms with Gasteiger partial charge in [-0.05, 0) is 24.3 Å². The van der Waals surface area contributed by atoms with E-state index in [1.54, 1.807) is 6.07 Å². The van der Waals surface area contributed by atoms with Gasteiger partial charge >= 0.3 is 0 Å². The van der Waals surface area contributed by atoms with E-state index < -0.39 is 0 Å². The maximum Gasteiger partial charge on any atom is 0.131 e. The van der Waals surface area contributed by atoms with Gasteiger partial charge in [-0.3, -0.25) is 0 Å². The molecule has 0 atom stereocenters. The molecule has 0 aliphatic heterocycles. The summed E-state index contributed by atoms with van der Waals surface area (Å²) in [5.41, 5.74) is 9.23. The molecule has 0 bridgehead atoms. The molecule has 0 radical (unpaired) electrons. The molecule has 0 saturated heterocycles. The van der Waals surface area contributed by atoms with Crippen LogP contribution in [0.5, 0.6) is 0 Å². The molecule has 0 fully saturated rings. The van der Waals surface area contributed by atoms with Gasteiger partial charge in [0.2, 0.25) is 0 Å². The Labute approximate surface area is 123 Å². The van der Waals surface area contributed by atoms with Crippen LogP contribution in [-0.4, -0.2) is 8.75 Å². The smallest absolute Gasteiger partial charge is 0.131 e. The largest absolute Gasteiger partial charge is 0.399 e. The highest BCUT2D eigenvalue weighted by atomic mass is 35.5. The van der Waals surface area contributed by atoms with Crippen molar-refractivity contribution in [3.8, 4) is 0 Å². The van der Waals surface area contributed by atoms with E-state index in [-0.39, 0.29) is 0 Å². The lowest BCUT2D eigenvalue weighted by atomic mass is 10.2. The van der Waals surface area contributed by atoms with E-state index in [0.29, 0.717) is 32.5 Å². The first-order valence-corrected chi connectivity index (χ1v) is 6.86. The van der Waals surface area contributed by atoms with E-state index >= 15 is 0 Å². The van der Waals surface area contributed by atoms with Gasteiger partial charge in [-0.25, -0.2) is 0 Å². The Kier molecular flexibility index (Phi) is 3.18. The number of hydrogen-bond donors (Lipinski definition) is 2.